The van der Waals surface area contributed by atoms with Gasteiger partial charge in [-0.3, -0.25) is 14.9 Å². The first kappa shape index (κ1) is 19.4. The Labute approximate surface area is 162 Å². The SMILES string of the molecule is CN=C(NCCc1ccc(C)nc1)NCC(c1ccco1)N1CCCCC1. The average Bonchev–Trinajstić information content (AvgIpc) is 3.23. The molecule has 1 aliphatic rings. The summed E-state index contributed by atoms with van der Waals surface area (Å²) in [5.74, 6) is 1.84. The predicted molar refractivity (Wildman–Crippen MR) is 109 cm³/mol. The Kier molecular flexibility index (Phi) is 7.27. The van der Waals surface area contributed by atoms with Crippen molar-refractivity contribution in [1.29, 1.82) is 0 Å². The first-order chi connectivity index (χ1) is 13.3. The Morgan fingerprint density at radius 2 is 2.07 bits per heavy atom. The Hall–Kier alpha value is -2.34. The number of hydrogen-bond donors (Lipinski definition) is 2. The standard InChI is InChI=1S/C21H31N5O/c1-17-8-9-18(15-24-17)10-11-23-21(22-2)25-16-19(20-7-6-14-27-20)26-12-4-3-5-13-26/h6-9,14-15,19H,3-5,10-13,16H2,1-2H3,(H2,22,23,25). The molecule has 1 unspecified atom stereocenters. The van der Waals surface area contributed by atoms with E-state index in [1.54, 1.807) is 6.26 Å². The maximum Gasteiger partial charge on any atom is 0.191 e. The normalized spacial score (nSPS) is 16.9. The van der Waals surface area contributed by atoms with E-state index in [9.17, 15) is 0 Å². The highest BCUT2D eigenvalue weighted by atomic mass is 16.3. The third-order valence-electron chi connectivity index (χ3n) is 5.07. The fourth-order valence-corrected chi connectivity index (χ4v) is 3.51. The molecule has 0 radical (unpaired) electrons. The van der Waals surface area contributed by atoms with Gasteiger partial charge in [-0.1, -0.05) is 12.5 Å². The van der Waals surface area contributed by atoms with Gasteiger partial charge in [0.1, 0.15) is 5.76 Å². The lowest BCUT2D eigenvalue weighted by Crippen LogP contribution is -2.44. The number of nitrogens with one attached hydrogen (secondary N) is 2. The Morgan fingerprint density at radius 1 is 1.22 bits per heavy atom. The van der Waals surface area contributed by atoms with Gasteiger partial charge in [0.05, 0.1) is 12.3 Å². The third kappa shape index (κ3) is 5.82. The highest BCUT2D eigenvalue weighted by Gasteiger charge is 2.24. The second-order valence-corrected chi connectivity index (χ2v) is 7.07. The van der Waals surface area contributed by atoms with Crippen LogP contribution in [-0.2, 0) is 6.42 Å². The summed E-state index contributed by atoms with van der Waals surface area (Å²) >= 11 is 0. The van der Waals surface area contributed by atoms with E-state index < -0.39 is 0 Å². The molecule has 0 aromatic carbocycles. The molecule has 1 atom stereocenters. The van der Waals surface area contributed by atoms with E-state index >= 15 is 0 Å². The molecular weight excluding hydrogens is 338 g/mol. The predicted octanol–water partition coefficient (Wildman–Crippen LogP) is 2.92. The maximum absolute atomic E-state index is 5.71. The van der Waals surface area contributed by atoms with Crippen molar-refractivity contribution >= 4 is 5.96 Å². The highest BCUT2D eigenvalue weighted by Crippen LogP contribution is 2.24. The molecule has 2 aromatic heterocycles. The quantitative estimate of drug-likeness (QED) is 0.580. The van der Waals surface area contributed by atoms with Crippen LogP contribution in [0.2, 0.25) is 0 Å². The number of piperidine rings is 1. The average molecular weight is 370 g/mol. The van der Waals surface area contributed by atoms with Crippen molar-refractivity contribution in [2.45, 2.75) is 38.6 Å². The van der Waals surface area contributed by atoms with Crippen LogP contribution >= 0.6 is 0 Å². The van der Waals surface area contributed by atoms with Crippen LogP contribution in [0, 0.1) is 6.92 Å². The highest BCUT2D eigenvalue weighted by molar-refractivity contribution is 5.79. The molecule has 0 bridgehead atoms. The molecule has 2 N–H and O–H groups in total. The topological polar surface area (TPSA) is 65.7 Å². The number of rotatable bonds is 7. The van der Waals surface area contributed by atoms with Crippen molar-refractivity contribution < 1.29 is 4.42 Å². The number of furan rings is 1. The van der Waals surface area contributed by atoms with Crippen molar-refractivity contribution in [1.82, 2.24) is 20.5 Å². The van der Waals surface area contributed by atoms with Gasteiger partial charge in [0.25, 0.3) is 0 Å². The van der Waals surface area contributed by atoms with Gasteiger partial charge in [0.2, 0.25) is 0 Å². The molecule has 2 aromatic rings. The molecule has 1 fully saturated rings. The van der Waals surface area contributed by atoms with Crippen LogP contribution in [0.15, 0.2) is 46.1 Å². The minimum Gasteiger partial charge on any atom is -0.468 e. The summed E-state index contributed by atoms with van der Waals surface area (Å²) < 4.78 is 5.71. The third-order valence-corrected chi connectivity index (χ3v) is 5.07. The summed E-state index contributed by atoms with van der Waals surface area (Å²) in [5.41, 5.74) is 2.27. The minimum atomic E-state index is 0.236. The van der Waals surface area contributed by atoms with Gasteiger partial charge in [-0.25, -0.2) is 0 Å². The second-order valence-electron chi connectivity index (χ2n) is 7.07. The van der Waals surface area contributed by atoms with Crippen LogP contribution in [0.3, 0.4) is 0 Å². The van der Waals surface area contributed by atoms with E-state index in [4.69, 9.17) is 4.42 Å². The number of aliphatic imine (C=N–C) groups is 1. The van der Waals surface area contributed by atoms with E-state index in [0.29, 0.717) is 0 Å². The first-order valence-electron chi connectivity index (χ1n) is 9.90. The minimum absolute atomic E-state index is 0.236. The van der Waals surface area contributed by atoms with Crippen molar-refractivity contribution in [2.24, 2.45) is 4.99 Å². The lowest BCUT2D eigenvalue weighted by Gasteiger charge is -2.33. The summed E-state index contributed by atoms with van der Waals surface area (Å²) in [5, 5.41) is 6.87. The summed E-state index contributed by atoms with van der Waals surface area (Å²) in [4.78, 5) is 11.2. The molecular formula is C21H31N5O. The summed E-state index contributed by atoms with van der Waals surface area (Å²) in [6.07, 6.45) is 8.46. The zero-order valence-corrected chi connectivity index (χ0v) is 16.4. The zero-order chi connectivity index (χ0) is 18.9. The van der Waals surface area contributed by atoms with Crippen LogP contribution in [0.4, 0.5) is 0 Å². The molecule has 3 rings (SSSR count). The second kappa shape index (κ2) is 10.1. The molecule has 1 saturated heterocycles. The summed E-state index contributed by atoms with van der Waals surface area (Å²) in [6, 6.07) is 8.45. The van der Waals surface area contributed by atoms with Crippen molar-refractivity contribution in [3.8, 4) is 0 Å². The van der Waals surface area contributed by atoms with Crippen molar-refractivity contribution in [3.63, 3.8) is 0 Å². The van der Waals surface area contributed by atoms with Crippen molar-refractivity contribution in [3.05, 3.63) is 53.7 Å². The van der Waals surface area contributed by atoms with Gasteiger partial charge in [-0.05, 0) is 63.0 Å². The molecule has 0 amide bonds. The number of hydrogen-bond acceptors (Lipinski definition) is 4. The van der Waals surface area contributed by atoms with Crippen LogP contribution in [0.25, 0.3) is 0 Å². The lowest BCUT2D eigenvalue weighted by atomic mass is 10.1. The van der Waals surface area contributed by atoms with Crippen LogP contribution in [-0.4, -0.2) is 49.1 Å². The first-order valence-corrected chi connectivity index (χ1v) is 9.90. The van der Waals surface area contributed by atoms with E-state index in [-0.39, 0.29) is 6.04 Å². The number of aryl methyl sites for hydroxylation is 1. The number of likely N-dealkylation sites (tertiary alicyclic amines) is 1. The molecule has 6 nitrogen and oxygen atoms in total. The van der Waals surface area contributed by atoms with Gasteiger partial charge in [-0.2, -0.15) is 0 Å². The van der Waals surface area contributed by atoms with E-state index in [0.717, 1.165) is 50.0 Å². The van der Waals surface area contributed by atoms with Crippen molar-refractivity contribution in [2.75, 3.05) is 33.2 Å². The maximum atomic E-state index is 5.71. The van der Waals surface area contributed by atoms with E-state index in [1.165, 1.54) is 24.8 Å². The van der Waals surface area contributed by atoms with E-state index in [1.807, 2.05) is 26.2 Å². The van der Waals surface area contributed by atoms with Crippen LogP contribution in [0.5, 0.6) is 0 Å². The molecule has 0 aliphatic carbocycles. The smallest absolute Gasteiger partial charge is 0.191 e. The van der Waals surface area contributed by atoms with Gasteiger partial charge < -0.3 is 15.1 Å². The number of pyridine rings is 1. The monoisotopic (exact) mass is 369 g/mol. The van der Waals surface area contributed by atoms with Gasteiger partial charge >= 0.3 is 0 Å². The Balaban J connectivity index is 1.50. The van der Waals surface area contributed by atoms with Gasteiger partial charge in [-0.15, -0.1) is 0 Å². The Bertz CT molecular complexity index is 690. The molecule has 3 heterocycles. The molecule has 1 aliphatic heterocycles. The number of nitrogens with zero attached hydrogens (tertiary/aromatic N) is 3. The largest absolute Gasteiger partial charge is 0.468 e. The fraction of sp³-hybridized carbons (Fsp3) is 0.524. The van der Waals surface area contributed by atoms with Gasteiger partial charge in [0.15, 0.2) is 5.96 Å². The van der Waals surface area contributed by atoms with E-state index in [2.05, 4.69) is 43.7 Å². The molecule has 0 spiro atoms. The molecule has 6 heteroatoms. The fourth-order valence-electron chi connectivity index (χ4n) is 3.51. The molecule has 0 saturated carbocycles. The number of guanidine groups is 1. The van der Waals surface area contributed by atoms with Crippen LogP contribution < -0.4 is 10.6 Å². The zero-order valence-electron chi connectivity index (χ0n) is 16.4. The Morgan fingerprint density at radius 3 is 2.74 bits per heavy atom. The van der Waals surface area contributed by atoms with Gasteiger partial charge in [0, 0.05) is 32.0 Å². The molecule has 27 heavy (non-hydrogen) atoms. The summed E-state index contributed by atoms with van der Waals surface area (Å²) in [6.45, 7) is 5.85. The molecule has 146 valence electrons. The number of aromatic nitrogens is 1. The summed E-state index contributed by atoms with van der Waals surface area (Å²) in [7, 11) is 1.81. The van der Waals surface area contributed by atoms with Crippen LogP contribution in [0.1, 0.15) is 42.3 Å². The lowest BCUT2D eigenvalue weighted by molar-refractivity contribution is 0.146.